The van der Waals surface area contributed by atoms with Gasteiger partial charge in [0.2, 0.25) is 0 Å². The number of halogens is 2. The van der Waals surface area contributed by atoms with E-state index >= 15 is 0 Å². The second-order valence-electron chi connectivity index (χ2n) is 3.89. The third-order valence-electron chi connectivity index (χ3n) is 2.51. The van der Waals surface area contributed by atoms with Crippen molar-refractivity contribution in [3.8, 4) is 0 Å². The van der Waals surface area contributed by atoms with Crippen molar-refractivity contribution in [3.63, 3.8) is 0 Å². The van der Waals surface area contributed by atoms with Crippen molar-refractivity contribution in [2.24, 2.45) is 0 Å². The number of aliphatic hydroxyl groups is 2. The van der Waals surface area contributed by atoms with Crippen LogP contribution in [-0.2, 0) is 9.47 Å². The zero-order chi connectivity index (χ0) is 12.0. The molecule has 2 aliphatic heterocycles. The first kappa shape index (κ1) is 13.8. The topological polar surface area (TPSA) is 58.9 Å². The summed E-state index contributed by atoms with van der Waals surface area (Å²) >= 11 is 0. The van der Waals surface area contributed by atoms with Gasteiger partial charge >= 0.3 is 0 Å². The molecule has 2 N–H and O–H groups in total. The molecule has 2 fully saturated rings. The van der Waals surface area contributed by atoms with Crippen LogP contribution in [0, 0.1) is 0 Å². The summed E-state index contributed by atoms with van der Waals surface area (Å²) in [4.78, 5) is 0. The van der Waals surface area contributed by atoms with E-state index in [-0.39, 0.29) is 13.2 Å². The Labute approximate surface area is 93.2 Å². The summed E-state index contributed by atoms with van der Waals surface area (Å²) in [6.45, 7) is 1.09. The van der Waals surface area contributed by atoms with Crippen LogP contribution in [0.4, 0.5) is 8.78 Å². The van der Waals surface area contributed by atoms with E-state index in [0.717, 1.165) is 0 Å². The number of hydrogen-bond acceptors (Lipinski definition) is 4. The summed E-state index contributed by atoms with van der Waals surface area (Å²) in [6, 6.07) is 0. The van der Waals surface area contributed by atoms with Crippen LogP contribution in [0.3, 0.4) is 0 Å². The van der Waals surface area contributed by atoms with Gasteiger partial charge in [-0.25, -0.2) is 8.78 Å². The summed E-state index contributed by atoms with van der Waals surface area (Å²) in [6.07, 6.45) is -3.04. The van der Waals surface area contributed by atoms with Gasteiger partial charge in [0, 0.05) is 13.2 Å². The number of ether oxygens (including phenoxy) is 2. The van der Waals surface area contributed by atoms with Crippen LogP contribution in [0.5, 0.6) is 0 Å². The summed E-state index contributed by atoms with van der Waals surface area (Å²) < 4.78 is 33.8. The molecule has 0 saturated carbocycles. The lowest BCUT2D eigenvalue weighted by Crippen LogP contribution is -2.32. The number of hydrogen-bond donors (Lipinski definition) is 2. The van der Waals surface area contributed by atoms with Crippen molar-refractivity contribution in [3.05, 3.63) is 0 Å². The first-order valence-electron chi connectivity index (χ1n) is 5.41. The van der Waals surface area contributed by atoms with Crippen molar-refractivity contribution in [1.29, 1.82) is 0 Å². The maximum atomic E-state index is 12.2. The van der Waals surface area contributed by atoms with Gasteiger partial charge in [-0.2, -0.15) is 0 Å². The maximum Gasteiger partial charge on any atom is 0.149 e. The zero-order valence-electron chi connectivity index (χ0n) is 9.02. The van der Waals surface area contributed by atoms with E-state index in [9.17, 15) is 8.78 Å². The first-order valence-corrected chi connectivity index (χ1v) is 5.41. The summed E-state index contributed by atoms with van der Waals surface area (Å²) in [7, 11) is 0. The molecule has 6 heteroatoms. The molecule has 2 rings (SSSR count). The first-order chi connectivity index (χ1) is 7.61. The second-order valence-corrected chi connectivity index (χ2v) is 3.89. The molecular weight excluding hydrogens is 222 g/mol. The van der Waals surface area contributed by atoms with Crippen LogP contribution < -0.4 is 0 Å². The van der Waals surface area contributed by atoms with E-state index in [0.29, 0.717) is 26.1 Å². The standard InChI is InChI=1S/2C5H9FO2/c2*6-4-3-8-2-1-5(4)7/h2*4-5,7H,1-3H2/t2*4-,5-/m10/s1. The van der Waals surface area contributed by atoms with E-state index in [2.05, 4.69) is 0 Å². The molecule has 0 aliphatic carbocycles. The maximum absolute atomic E-state index is 12.2. The third kappa shape index (κ3) is 4.69. The van der Waals surface area contributed by atoms with Gasteiger partial charge in [-0.1, -0.05) is 0 Å². The van der Waals surface area contributed by atoms with Crippen LogP contribution >= 0.6 is 0 Å². The molecule has 0 spiro atoms. The molecule has 0 amide bonds. The molecule has 2 heterocycles. The molecule has 0 bridgehead atoms. The van der Waals surface area contributed by atoms with Crippen LogP contribution in [0.15, 0.2) is 0 Å². The fourth-order valence-electron chi connectivity index (χ4n) is 1.38. The molecule has 0 aromatic carbocycles. The number of rotatable bonds is 0. The molecule has 0 aromatic rings. The average Bonchev–Trinajstić information content (AvgIpc) is 2.28. The Morgan fingerprint density at radius 2 is 1.19 bits per heavy atom. The van der Waals surface area contributed by atoms with Gasteiger partial charge in [0.1, 0.15) is 12.3 Å². The largest absolute Gasteiger partial charge is 0.390 e. The van der Waals surface area contributed by atoms with Gasteiger partial charge in [-0.3, -0.25) is 0 Å². The van der Waals surface area contributed by atoms with E-state index in [1.54, 1.807) is 0 Å². The van der Waals surface area contributed by atoms with Crippen LogP contribution in [0.1, 0.15) is 12.8 Å². The Hall–Kier alpha value is -0.300. The Kier molecular flexibility index (Phi) is 6.12. The van der Waals surface area contributed by atoms with Crippen molar-refractivity contribution in [2.75, 3.05) is 26.4 Å². The van der Waals surface area contributed by atoms with Gasteiger partial charge in [0.15, 0.2) is 0 Å². The minimum Gasteiger partial charge on any atom is -0.390 e. The Morgan fingerprint density at radius 3 is 1.38 bits per heavy atom. The molecule has 2 saturated heterocycles. The summed E-state index contributed by atoms with van der Waals surface area (Å²) in [5.41, 5.74) is 0. The molecule has 0 aromatic heterocycles. The fourth-order valence-corrected chi connectivity index (χ4v) is 1.38. The lowest BCUT2D eigenvalue weighted by molar-refractivity contribution is -0.0494. The van der Waals surface area contributed by atoms with E-state index in [4.69, 9.17) is 19.7 Å². The Bertz CT molecular complexity index is 154. The van der Waals surface area contributed by atoms with Gasteiger partial charge < -0.3 is 19.7 Å². The number of aliphatic hydroxyl groups excluding tert-OH is 2. The normalized spacial score (nSPS) is 39.8. The highest BCUT2D eigenvalue weighted by Crippen LogP contribution is 2.10. The van der Waals surface area contributed by atoms with Gasteiger partial charge in [0.05, 0.1) is 25.4 Å². The van der Waals surface area contributed by atoms with Crippen molar-refractivity contribution in [2.45, 2.75) is 37.4 Å². The molecular formula is C10H18F2O4. The minimum absolute atomic E-state index is 0.0567. The molecule has 96 valence electrons. The van der Waals surface area contributed by atoms with Crippen LogP contribution in [0.2, 0.25) is 0 Å². The van der Waals surface area contributed by atoms with Gasteiger partial charge in [-0.05, 0) is 12.8 Å². The average molecular weight is 240 g/mol. The Morgan fingerprint density at radius 1 is 0.812 bits per heavy atom. The predicted molar refractivity (Wildman–Crippen MR) is 52.7 cm³/mol. The smallest absolute Gasteiger partial charge is 0.149 e. The van der Waals surface area contributed by atoms with Gasteiger partial charge in [-0.15, -0.1) is 0 Å². The third-order valence-corrected chi connectivity index (χ3v) is 2.51. The van der Waals surface area contributed by atoms with Crippen LogP contribution in [-0.4, -0.2) is 61.2 Å². The van der Waals surface area contributed by atoms with E-state index in [1.807, 2.05) is 0 Å². The lowest BCUT2D eigenvalue weighted by atomic mass is 10.1. The van der Waals surface area contributed by atoms with Crippen LogP contribution in [0.25, 0.3) is 0 Å². The molecule has 2 aliphatic rings. The summed E-state index contributed by atoms with van der Waals surface area (Å²) in [5, 5.41) is 17.4. The highest BCUT2D eigenvalue weighted by Gasteiger charge is 2.22. The van der Waals surface area contributed by atoms with Crippen molar-refractivity contribution < 1.29 is 28.5 Å². The molecule has 4 nitrogen and oxygen atoms in total. The van der Waals surface area contributed by atoms with Crippen molar-refractivity contribution >= 4 is 0 Å². The lowest BCUT2D eigenvalue weighted by Gasteiger charge is -2.20. The SMILES string of the molecule is O[C@@H]1CCOC[C@H]1F.O[C@H]1CCOC[C@@H]1F. The molecule has 16 heavy (non-hydrogen) atoms. The number of alkyl halides is 2. The quantitative estimate of drug-likeness (QED) is 0.635. The fraction of sp³-hybridized carbons (Fsp3) is 1.00. The van der Waals surface area contributed by atoms with E-state index < -0.39 is 24.6 Å². The molecule has 4 atom stereocenters. The van der Waals surface area contributed by atoms with Crippen molar-refractivity contribution in [1.82, 2.24) is 0 Å². The van der Waals surface area contributed by atoms with Gasteiger partial charge in [0.25, 0.3) is 0 Å². The zero-order valence-corrected chi connectivity index (χ0v) is 9.02. The highest BCUT2D eigenvalue weighted by atomic mass is 19.1. The second kappa shape index (κ2) is 7.11. The molecule has 0 unspecified atom stereocenters. The Balaban J connectivity index is 0.000000160. The van der Waals surface area contributed by atoms with E-state index in [1.165, 1.54) is 0 Å². The predicted octanol–water partition coefficient (Wildman–Crippen LogP) is 0.211. The highest BCUT2D eigenvalue weighted by molar-refractivity contribution is 4.70. The molecule has 0 radical (unpaired) electrons. The minimum atomic E-state index is -1.16. The summed E-state index contributed by atoms with van der Waals surface area (Å²) in [5.74, 6) is 0. The monoisotopic (exact) mass is 240 g/mol.